The number of methoxy groups -OCH3 is 1. The molecule has 0 radical (unpaired) electrons. The van der Waals surface area contributed by atoms with Crippen LogP contribution in [0.25, 0.3) is 0 Å². The highest BCUT2D eigenvalue weighted by molar-refractivity contribution is 6.33. The molecule has 0 aromatic heterocycles. The average Bonchev–Trinajstić information content (AvgIpc) is 2.47. The lowest BCUT2D eigenvalue weighted by atomic mass is 10.1. The molecule has 0 aliphatic carbocycles. The normalized spacial score (nSPS) is 10.3. The maximum Gasteiger partial charge on any atom is 0.126 e. The average molecular weight is 294 g/mol. The van der Waals surface area contributed by atoms with E-state index in [4.69, 9.17) is 16.3 Å². The Labute approximate surface area is 122 Å². The van der Waals surface area contributed by atoms with Gasteiger partial charge in [0.05, 0.1) is 24.4 Å². The molecule has 2 aromatic rings. The lowest BCUT2D eigenvalue weighted by molar-refractivity contribution is 0.274. The number of benzene rings is 2. The SMILES string of the molecule is COc1cc(NCc2ccccc2O)c(Cl)cc1CO. The van der Waals surface area contributed by atoms with Crippen LogP contribution in [0.2, 0.25) is 5.02 Å². The van der Waals surface area contributed by atoms with E-state index in [2.05, 4.69) is 5.32 Å². The van der Waals surface area contributed by atoms with E-state index in [9.17, 15) is 10.2 Å². The highest BCUT2D eigenvalue weighted by Gasteiger charge is 2.09. The van der Waals surface area contributed by atoms with Crippen LogP contribution in [0.15, 0.2) is 36.4 Å². The number of hydrogen-bond donors (Lipinski definition) is 3. The van der Waals surface area contributed by atoms with Crippen LogP contribution >= 0.6 is 11.6 Å². The monoisotopic (exact) mass is 293 g/mol. The first-order chi connectivity index (χ1) is 9.65. The van der Waals surface area contributed by atoms with Gasteiger partial charge in [0.25, 0.3) is 0 Å². The minimum atomic E-state index is -0.136. The number of aliphatic hydroxyl groups excluding tert-OH is 1. The first kappa shape index (κ1) is 14.5. The Balaban J connectivity index is 2.19. The highest BCUT2D eigenvalue weighted by atomic mass is 35.5. The van der Waals surface area contributed by atoms with Crippen molar-refractivity contribution in [2.45, 2.75) is 13.2 Å². The number of ether oxygens (including phenoxy) is 1. The lowest BCUT2D eigenvalue weighted by Crippen LogP contribution is -2.02. The van der Waals surface area contributed by atoms with E-state index in [-0.39, 0.29) is 12.4 Å². The minimum Gasteiger partial charge on any atom is -0.508 e. The van der Waals surface area contributed by atoms with Crippen LogP contribution < -0.4 is 10.1 Å². The van der Waals surface area contributed by atoms with Gasteiger partial charge in [0.2, 0.25) is 0 Å². The summed E-state index contributed by atoms with van der Waals surface area (Å²) in [5, 5.41) is 22.6. The molecule has 2 aromatic carbocycles. The number of aromatic hydroxyl groups is 1. The molecule has 2 rings (SSSR count). The second-order valence-electron chi connectivity index (χ2n) is 4.28. The number of hydrogen-bond acceptors (Lipinski definition) is 4. The zero-order chi connectivity index (χ0) is 14.5. The molecule has 0 amide bonds. The highest BCUT2D eigenvalue weighted by Crippen LogP contribution is 2.31. The summed E-state index contributed by atoms with van der Waals surface area (Å²) in [6, 6.07) is 10.5. The van der Waals surface area contributed by atoms with Crippen molar-refractivity contribution >= 4 is 17.3 Å². The fourth-order valence-corrected chi connectivity index (χ4v) is 2.15. The molecule has 0 heterocycles. The molecular weight excluding hydrogens is 278 g/mol. The molecule has 20 heavy (non-hydrogen) atoms. The number of para-hydroxylation sites is 1. The summed E-state index contributed by atoms with van der Waals surface area (Å²) in [6.07, 6.45) is 0. The van der Waals surface area contributed by atoms with Crippen molar-refractivity contribution in [1.29, 1.82) is 0 Å². The van der Waals surface area contributed by atoms with Gasteiger partial charge in [0, 0.05) is 23.7 Å². The number of nitrogens with one attached hydrogen (secondary N) is 1. The van der Waals surface area contributed by atoms with E-state index in [1.165, 1.54) is 7.11 Å². The van der Waals surface area contributed by atoms with Crippen LogP contribution in [0.5, 0.6) is 11.5 Å². The van der Waals surface area contributed by atoms with Gasteiger partial charge in [-0.05, 0) is 12.1 Å². The van der Waals surface area contributed by atoms with Crippen molar-refractivity contribution in [2.24, 2.45) is 0 Å². The van der Waals surface area contributed by atoms with Gasteiger partial charge in [0.15, 0.2) is 0 Å². The molecule has 0 spiro atoms. The molecule has 0 saturated carbocycles. The Bertz CT molecular complexity index is 602. The number of rotatable bonds is 5. The molecule has 0 saturated heterocycles. The summed E-state index contributed by atoms with van der Waals surface area (Å²) >= 11 is 6.15. The van der Waals surface area contributed by atoms with E-state index in [1.54, 1.807) is 24.3 Å². The van der Waals surface area contributed by atoms with E-state index < -0.39 is 0 Å². The Kier molecular flexibility index (Phi) is 4.71. The van der Waals surface area contributed by atoms with Crippen LogP contribution in [0.1, 0.15) is 11.1 Å². The van der Waals surface area contributed by atoms with Gasteiger partial charge in [-0.15, -0.1) is 0 Å². The Morgan fingerprint density at radius 2 is 1.95 bits per heavy atom. The molecule has 0 atom stereocenters. The molecule has 4 nitrogen and oxygen atoms in total. The third kappa shape index (κ3) is 3.15. The van der Waals surface area contributed by atoms with Gasteiger partial charge >= 0.3 is 0 Å². The first-order valence-electron chi connectivity index (χ1n) is 6.13. The van der Waals surface area contributed by atoms with Crippen LogP contribution in [0.4, 0.5) is 5.69 Å². The van der Waals surface area contributed by atoms with Gasteiger partial charge in [-0.1, -0.05) is 29.8 Å². The van der Waals surface area contributed by atoms with Crippen molar-refractivity contribution in [3.05, 3.63) is 52.5 Å². The third-order valence-corrected chi connectivity index (χ3v) is 3.31. The molecule has 0 aliphatic heterocycles. The van der Waals surface area contributed by atoms with E-state index in [0.29, 0.717) is 28.6 Å². The topological polar surface area (TPSA) is 61.7 Å². The minimum absolute atomic E-state index is 0.136. The van der Waals surface area contributed by atoms with Crippen molar-refractivity contribution in [2.75, 3.05) is 12.4 Å². The van der Waals surface area contributed by atoms with Crippen molar-refractivity contribution < 1.29 is 14.9 Å². The smallest absolute Gasteiger partial charge is 0.126 e. The summed E-state index contributed by atoms with van der Waals surface area (Å²) in [4.78, 5) is 0. The second-order valence-corrected chi connectivity index (χ2v) is 4.69. The van der Waals surface area contributed by atoms with Crippen LogP contribution in [0, 0.1) is 0 Å². The molecule has 5 heteroatoms. The molecule has 0 fully saturated rings. The van der Waals surface area contributed by atoms with Gasteiger partial charge in [0.1, 0.15) is 11.5 Å². The molecular formula is C15H16ClNO3. The van der Waals surface area contributed by atoms with Crippen molar-refractivity contribution in [3.63, 3.8) is 0 Å². The van der Waals surface area contributed by atoms with E-state index >= 15 is 0 Å². The standard InChI is InChI=1S/C15H16ClNO3/c1-20-15-7-13(12(16)6-11(15)9-18)17-8-10-4-2-3-5-14(10)19/h2-7,17-19H,8-9H2,1H3. The fourth-order valence-electron chi connectivity index (χ4n) is 1.89. The molecule has 0 aliphatic rings. The zero-order valence-corrected chi connectivity index (χ0v) is 11.8. The lowest BCUT2D eigenvalue weighted by Gasteiger charge is -2.13. The molecule has 106 valence electrons. The van der Waals surface area contributed by atoms with Gasteiger partial charge in [-0.2, -0.15) is 0 Å². The number of aliphatic hydroxyl groups is 1. The molecule has 3 N–H and O–H groups in total. The summed E-state index contributed by atoms with van der Waals surface area (Å²) in [5.74, 6) is 0.798. The Morgan fingerprint density at radius 1 is 1.20 bits per heavy atom. The Morgan fingerprint density at radius 3 is 2.60 bits per heavy atom. The number of anilines is 1. The third-order valence-electron chi connectivity index (χ3n) is 3.00. The summed E-state index contributed by atoms with van der Waals surface area (Å²) in [7, 11) is 1.54. The maximum absolute atomic E-state index is 9.71. The molecule has 0 unspecified atom stereocenters. The molecule has 0 bridgehead atoms. The van der Waals surface area contributed by atoms with Crippen molar-refractivity contribution in [1.82, 2.24) is 0 Å². The second kappa shape index (κ2) is 6.50. The first-order valence-corrected chi connectivity index (χ1v) is 6.51. The predicted octanol–water partition coefficient (Wildman–Crippen LogP) is 3.16. The van der Waals surface area contributed by atoms with Crippen molar-refractivity contribution in [3.8, 4) is 11.5 Å². The maximum atomic E-state index is 9.71. The quantitative estimate of drug-likeness (QED) is 0.792. The van der Waals surface area contributed by atoms with Crippen LogP contribution in [-0.4, -0.2) is 17.3 Å². The number of phenols is 1. The van der Waals surface area contributed by atoms with Crippen LogP contribution in [-0.2, 0) is 13.2 Å². The van der Waals surface area contributed by atoms with Crippen LogP contribution in [0.3, 0.4) is 0 Å². The summed E-state index contributed by atoms with van der Waals surface area (Å²) in [6.45, 7) is 0.302. The fraction of sp³-hybridized carbons (Fsp3) is 0.200. The summed E-state index contributed by atoms with van der Waals surface area (Å²) in [5.41, 5.74) is 2.09. The largest absolute Gasteiger partial charge is 0.508 e. The Hall–Kier alpha value is -1.91. The zero-order valence-electron chi connectivity index (χ0n) is 11.1. The van der Waals surface area contributed by atoms with E-state index in [0.717, 1.165) is 5.56 Å². The summed E-state index contributed by atoms with van der Waals surface area (Å²) < 4.78 is 5.20. The van der Waals surface area contributed by atoms with E-state index in [1.807, 2.05) is 12.1 Å². The number of phenolic OH excluding ortho intramolecular Hbond substituents is 1. The van der Waals surface area contributed by atoms with Gasteiger partial charge in [-0.3, -0.25) is 0 Å². The van der Waals surface area contributed by atoms with Gasteiger partial charge in [-0.25, -0.2) is 0 Å². The van der Waals surface area contributed by atoms with Gasteiger partial charge < -0.3 is 20.3 Å². The number of halogens is 1. The predicted molar refractivity (Wildman–Crippen MR) is 79.4 cm³/mol.